The van der Waals surface area contributed by atoms with Gasteiger partial charge in [-0.15, -0.1) is 10.2 Å². The van der Waals surface area contributed by atoms with Gasteiger partial charge in [0.05, 0.1) is 24.1 Å². The second-order valence-corrected chi connectivity index (χ2v) is 9.56. The average Bonchev–Trinajstić information content (AvgIpc) is 3.17. The number of hydrogen-bond donors (Lipinski definition) is 0. The number of rotatable bonds is 4. The van der Waals surface area contributed by atoms with Gasteiger partial charge in [-0.2, -0.15) is 0 Å². The Morgan fingerprint density at radius 3 is 2.86 bits per heavy atom. The Morgan fingerprint density at radius 1 is 1.28 bits per heavy atom. The van der Waals surface area contributed by atoms with Gasteiger partial charge < -0.3 is 9.47 Å². The van der Waals surface area contributed by atoms with E-state index in [1.165, 1.54) is 16.6 Å². The van der Waals surface area contributed by atoms with Gasteiger partial charge in [0, 0.05) is 38.3 Å². The topological polar surface area (TPSA) is 101 Å². The molecule has 0 aliphatic carbocycles. The number of carbonyl (C=O) groups excluding carboxylic acids is 1. The fourth-order valence-corrected chi connectivity index (χ4v) is 5.14. The number of sulfonamides is 1. The van der Waals surface area contributed by atoms with Crippen molar-refractivity contribution in [3.8, 4) is 0 Å². The van der Waals surface area contributed by atoms with Crippen LogP contribution in [0.3, 0.4) is 0 Å². The van der Waals surface area contributed by atoms with Gasteiger partial charge in [-0.25, -0.2) is 17.1 Å². The molecule has 2 aromatic rings. The number of hydrogen-bond acceptors (Lipinski definition) is 6. The van der Waals surface area contributed by atoms with Gasteiger partial charge in [-0.1, -0.05) is 0 Å². The van der Waals surface area contributed by atoms with Crippen molar-refractivity contribution in [2.75, 3.05) is 25.4 Å². The first-order valence-corrected chi connectivity index (χ1v) is 11.3. The number of piperidine rings is 1. The van der Waals surface area contributed by atoms with Crippen LogP contribution < -0.4 is 0 Å². The Hall–Kier alpha value is -2.40. The third-order valence-corrected chi connectivity index (χ3v) is 7.43. The largest absolute Gasteiger partial charge is 0.329 e. The van der Waals surface area contributed by atoms with Gasteiger partial charge >= 0.3 is 0 Å². The number of amides is 1. The van der Waals surface area contributed by atoms with E-state index in [9.17, 15) is 17.6 Å². The highest BCUT2D eigenvalue weighted by molar-refractivity contribution is 7.89. The summed E-state index contributed by atoms with van der Waals surface area (Å²) in [7, 11) is -3.24. The van der Waals surface area contributed by atoms with Crippen molar-refractivity contribution in [2.45, 2.75) is 38.8 Å². The molecule has 1 fully saturated rings. The van der Waals surface area contributed by atoms with Crippen LogP contribution >= 0.6 is 0 Å². The SMILES string of the molecule is CCS(=O)(=O)N1CCCC(c2nnc3n2CCN(C(=O)c2ccncc2F)C3)C1. The Bertz CT molecular complexity index is 1020. The maximum Gasteiger partial charge on any atom is 0.257 e. The van der Waals surface area contributed by atoms with Crippen LogP contribution in [0.4, 0.5) is 4.39 Å². The molecule has 9 nitrogen and oxygen atoms in total. The maximum atomic E-state index is 13.9. The van der Waals surface area contributed by atoms with E-state index >= 15 is 0 Å². The van der Waals surface area contributed by atoms with E-state index in [0.717, 1.165) is 24.9 Å². The Kier molecular flexibility index (Phi) is 5.34. The monoisotopic (exact) mass is 422 g/mol. The first-order valence-electron chi connectivity index (χ1n) is 9.69. The summed E-state index contributed by atoms with van der Waals surface area (Å²) in [5.41, 5.74) is -0.0131. The molecule has 4 heterocycles. The molecule has 1 saturated heterocycles. The van der Waals surface area contributed by atoms with E-state index in [1.54, 1.807) is 11.8 Å². The highest BCUT2D eigenvalue weighted by atomic mass is 32.2. The zero-order valence-corrected chi connectivity index (χ0v) is 17.0. The van der Waals surface area contributed by atoms with Crippen molar-refractivity contribution in [2.24, 2.45) is 0 Å². The number of nitrogens with zero attached hydrogens (tertiary/aromatic N) is 6. The van der Waals surface area contributed by atoms with Crippen LogP contribution in [0, 0.1) is 5.82 Å². The number of aromatic nitrogens is 4. The van der Waals surface area contributed by atoms with Crippen LogP contribution in [0.5, 0.6) is 0 Å². The summed E-state index contributed by atoms with van der Waals surface area (Å²) in [6.45, 7) is 3.72. The van der Waals surface area contributed by atoms with Crippen molar-refractivity contribution in [3.05, 3.63) is 41.5 Å². The number of pyridine rings is 1. The number of halogens is 1. The van der Waals surface area contributed by atoms with Crippen molar-refractivity contribution in [3.63, 3.8) is 0 Å². The molecular formula is C18H23FN6O3S. The molecule has 1 amide bonds. The zero-order chi connectivity index (χ0) is 20.6. The van der Waals surface area contributed by atoms with Crippen LogP contribution in [-0.2, 0) is 23.1 Å². The molecule has 2 aliphatic heterocycles. The van der Waals surface area contributed by atoms with Gasteiger partial charge in [0.15, 0.2) is 11.6 Å². The minimum absolute atomic E-state index is 0.0131. The van der Waals surface area contributed by atoms with Gasteiger partial charge in [0.2, 0.25) is 10.0 Å². The van der Waals surface area contributed by atoms with E-state index in [1.807, 2.05) is 4.57 Å². The molecule has 0 spiro atoms. The van der Waals surface area contributed by atoms with Crippen LogP contribution in [0.2, 0.25) is 0 Å². The summed E-state index contributed by atoms with van der Waals surface area (Å²) >= 11 is 0. The summed E-state index contributed by atoms with van der Waals surface area (Å²) in [6, 6.07) is 1.37. The minimum Gasteiger partial charge on any atom is -0.329 e. The summed E-state index contributed by atoms with van der Waals surface area (Å²) in [5.74, 6) is 0.400. The van der Waals surface area contributed by atoms with Gasteiger partial charge in [0.25, 0.3) is 5.91 Å². The quantitative estimate of drug-likeness (QED) is 0.729. The normalized spacial score (nSPS) is 20.5. The fraction of sp³-hybridized carbons (Fsp3) is 0.556. The molecule has 1 atom stereocenters. The van der Waals surface area contributed by atoms with Gasteiger partial charge in [-0.05, 0) is 25.8 Å². The highest BCUT2D eigenvalue weighted by Gasteiger charge is 2.33. The molecule has 0 saturated carbocycles. The molecule has 0 bridgehead atoms. The second-order valence-electron chi connectivity index (χ2n) is 7.31. The Morgan fingerprint density at radius 2 is 2.10 bits per heavy atom. The van der Waals surface area contributed by atoms with Crippen molar-refractivity contribution < 1.29 is 17.6 Å². The molecule has 0 radical (unpaired) electrons. The predicted molar refractivity (Wildman–Crippen MR) is 102 cm³/mol. The molecule has 156 valence electrons. The molecule has 29 heavy (non-hydrogen) atoms. The zero-order valence-electron chi connectivity index (χ0n) is 16.2. The van der Waals surface area contributed by atoms with E-state index in [2.05, 4.69) is 15.2 Å². The van der Waals surface area contributed by atoms with Crippen LogP contribution in [0.1, 0.15) is 47.7 Å². The fourth-order valence-electron chi connectivity index (χ4n) is 3.96. The molecule has 4 rings (SSSR count). The first-order chi connectivity index (χ1) is 13.9. The van der Waals surface area contributed by atoms with Gasteiger partial charge in [-0.3, -0.25) is 9.78 Å². The first kappa shape index (κ1) is 19.9. The third-order valence-electron chi connectivity index (χ3n) is 5.58. The van der Waals surface area contributed by atoms with E-state index in [-0.39, 0.29) is 23.8 Å². The van der Waals surface area contributed by atoms with Crippen LogP contribution in [-0.4, -0.2) is 68.7 Å². The molecule has 0 N–H and O–H groups in total. The van der Waals surface area contributed by atoms with Crippen molar-refractivity contribution in [1.82, 2.24) is 29.0 Å². The standard InChI is InChI=1S/C18H23FN6O3S/c1-2-29(27,28)24-7-3-4-13(11-24)17-22-21-16-12-23(8-9-25(16)17)18(26)14-5-6-20-10-15(14)19/h5-6,10,13H,2-4,7-9,11-12H2,1H3. The van der Waals surface area contributed by atoms with E-state index in [4.69, 9.17) is 0 Å². The second kappa shape index (κ2) is 7.79. The lowest BCUT2D eigenvalue weighted by Crippen LogP contribution is -2.42. The lowest BCUT2D eigenvalue weighted by Gasteiger charge is -2.33. The molecule has 0 aromatic carbocycles. The molecule has 11 heteroatoms. The molecule has 1 unspecified atom stereocenters. The smallest absolute Gasteiger partial charge is 0.257 e. The summed E-state index contributed by atoms with van der Waals surface area (Å²) < 4.78 is 41.9. The van der Waals surface area contributed by atoms with Gasteiger partial charge in [0.1, 0.15) is 5.82 Å². The minimum atomic E-state index is -3.24. The van der Waals surface area contributed by atoms with Crippen molar-refractivity contribution in [1.29, 1.82) is 0 Å². The maximum absolute atomic E-state index is 13.9. The average molecular weight is 422 g/mol. The molecule has 2 aromatic heterocycles. The van der Waals surface area contributed by atoms with E-state index in [0.29, 0.717) is 32.0 Å². The van der Waals surface area contributed by atoms with E-state index < -0.39 is 21.7 Å². The van der Waals surface area contributed by atoms with Crippen LogP contribution in [0.15, 0.2) is 18.5 Å². The number of carbonyl (C=O) groups is 1. The number of fused-ring (bicyclic) bond motifs is 1. The summed E-state index contributed by atoms with van der Waals surface area (Å²) in [6.07, 6.45) is 4.04. The highest BCUT2D eigenvalue weighted by Crippen LogP contribution is 2.29. The Balaban J connectivity index is 1.52. The molecular weight excluding hydrogens is 399 g/mol. The van der Waals surface area contributed by atoms with Crippen molar-refractivity contribution >= 4 is 15.9 Å². The molecule has 2 aliphatic rings. The lowest BCUT2D eigenvalue weighted by atomic mass is 9.98. The lowest BCUT2D eigenvalue weighted by molar-refractivity contribution is 0.0700. The third kappa shape index (κ3) is 3.76. The summed E-state index contributed by atoms with van der Waals surface area (Å²) in [5, 5.41) is 8.55. The predicted octanol–water partition coefficient (Wildman–Crippen LogP) is 0.997. The Labute approximate surface area is 168 Å². The van der Waals surface area contributed by atoms with Crippen LogP contribution in [0.25, 0.3) is 0 Å². The summed E-state index contributed by atoms with van der Waals surface area (Å²) in [4.78, 5) is 17.9.